The molecule has 22 heavy (non-hydrogen) atoms. The highest BCUT2D eigenvalue weighted by Crippen LogP contribution is 2.23. The van der Waals surface area contributed by atoms with Gasteiger partial charge < -0.3 is 10.4 Å². The maximum absolute atomic E-state index is 12.5. The highest BCUT2D eigenvalue weighted by molar-refractivity contribution is 6.03. The van der Waals surface area contributed by atoms with Crippen LogP contribution in [0.4, 0.5) is 5.69 Å². The van der Waals surface area contributed by atoms with Crippen molar-refractivity contribution in [3.63, 3.8) is 0 Å². The van der Waals surface area contributed by atoms with E-state index in [1.54, 1.807) is 19.1 Å². The molecule has 1 aliphatic heterocycles. The molecule has 0 radical (unpaired) electrons. The number of carbonyl (C=O) groups excluding carboxylic acids is 2. The van der Waals surface area contributed by atoms with Gasteiger partial charge in [0.15, 0.2) is 0 Å². The van der Waals surface area contributed by atoms with Gasteiger partial charge in [0.2, 0.25) is 0 Å². The molecular weight excluding hydrogens is 282 g/mol. The number of nitrogens with one attached hydrogen (secondary N) is 2. The van der Waals surface area contributed by atoms with Crippen molar-refractivity contribution >= 4 is 17.5 Å². The van der Waals surface area contributed by atoms with Crippen molar-refractivity contribution in [2.75, 3.05) is 5.32 Å². The molecule has 0 aliphatic carbocycles. The molecule has 6 nitrogen and oxygen atoms in total. The van der Waals surface area contributed by atoms with Gasteiger partial charge in [0.05, 0.1) is 5.56 Å². The number of phenols is 1. The standard InChI is InChI=1S/C16H15N3O3/c1-10-17-14-5-3-2-4-13(14)16(22)19(10)18-15(21)11-6-8-12(20)9-7-11/h2-10,17,20H,1H3,(H,18,21). The molecular formula is C16H15N3O3. The number of anilines is 1. The Hall–Kier alpha value is -3.02. The summed E-state index contributed by atoms with van der Waals surface area (Å²) in [5.74, 6) is -0.607. The van der Waals surface area contributed by atoms with Gasteiger partial charge in [-0.05, 0) is 43.3 Å². The molecule has 1 unspecified atom stereocenters. The lowest BCUT2D eigenvalue weighted by atomic mass is 10.1. The number of carbonyl (C=O) groups is 2. The quantitative estimate of drug-likeness (QED) is 0.791. The van der Waals surface area contributed by atoms with Crippen molar-refractivity contribution in [2.45, 2.75) is 13.1 Å². The second-order valence-electron chi connectivity index (χ2n) is 5.03. The predicted molar refractivity (Wildman–Crippen MR) is 81.3 cm³/mol. The molecule has 3 N–H and O–H groups in total. The second-order valence-corrected chi connectivity index (χ2v) is 5.03. The van der Waals surface area contributed by atoms with E-state index >= 15 is 0 Å². The molecule has 2 aromatic rings. The van der Waals surface area contributed by atoms with Gasteiger partial charge in [0.1, 0.15) is 11.9 Å². The fourth-order valence-corrected chi connectivity index (χ4v) is 2.33. The molecule has 2 aromatic carbocycles. The number of phenolic OH excluding ortho intramolecular Hbond substituents is 1. The van der Waals surface area contributed by atoms with E-state index in [0.29, 0.717) is 11.1 Å². The number of hydrogen-bond acceptors (Lipinski definition) is 4. The number of fused-ring (bicyclic) bond motifs is 1. The lowest BCUT2D eigenvalue weighted by Crippen LogP contribution is -2.56. The molecule has 0 aromatic heterocycles. The lowest BCUT2D eigenvalue weighted by Gasteiger charge is -2.35. The molecule has 3 rings (SSSR count). The van der Waals surface area contributed by atoms with E-state index in [9.17, 15) is 14.7 Å². The van der Waals surface area contributed by atoms with E-state index in [4.69, 9.17) is 0 Å². The zero-order chi connectivity index (χ0) is 15.7. The smallest absolute Gasteiger partial charge is 0.276 e. The van der Waals surface area contributed by atoms with Gasteiger partial charge in [0.25, 0.3) is 11.8 Å². The maximum atomic E-state index is 12.5. The van der Waals surface area contributed by atoms with Crippen LogP contribution in [0.15, 0.2) is 48.5 Å². The molecule has 0 fully saturated rings. The molecule has 0 bridgehead atoms. The van der Waals surface area contributed by atoms with E-state index in [2.05, 4.69) is 10.7 Å². The van der Waals surface area contributed by atoms with Gasteiger partial charge >= 0.3 is 0 Å². The molecule has 1 atom stereocenters. The highest BCUT2D eigenvalue weighted by Gasteiger charge is 2.30. The summed E-state index contributed by atoms with van der Waals surface area (Å²) in [6.07, 6.45) is -0.372. The summed E-state index contributed by atoms with van der Waals surface area (Å²) in [6.45, 7) is 1.78. The summed E-state index contributed by atoms with van der Waals surface area (Å²) in [5, 5.41) is 13.7. The van der Waals surface area contributed by atoms with E-state index < -0.39 is 5.91 Å². The first-order chi connectivity index (χ1) is 10.6. The fourth-order valence-electron chi connectivity index (χ4n) is 2.33. The van der Waals surface area contributed by atoms with Gasteiger partial charge in [-0.2, -0.15) is 0 Å². The van der Waals surface area contributed by atoms with Crippen LogP contribution in [0.2, 0.25) is 0 Å². The number of rotatable bonds is 2. The molecule has 1 heterocycles. The Morgan fingerprint density at radius 2 is 1.86 bits per heavy atom. The molecule has 0 spiro atoms. The summed E-state index contributed by atoms with van der Waals surface area (Å²) in [5.41, 5.74) is 4.21. The van der Waals surface area contributed by atoms with Crippen molar-refractivity contribution in [3.8, 4) is 5.75 Å². The van der Waals surface area contributed by atoms with Crippen LogP contribution in [0.25, 0.3) is 0 Å². The minimum atomic E-state index is -0.415. The van der Waals surface area contributed by atoms with Crippen molar-refractivity contribution < 1.29 is 14.7 Å². The first kappa shape index (κ1) is 13.9. The zero-order valence-corrected chi connectivity index (χ0v) is 11.9. The molecule has 0 saturated carbocycles. The van der Waals surface area contributed by atoms with Gasteiger partial charge in [-0.3, -0.25) is 15.0 Å². The van der Waals surface area contributed by atoms with Crippen LogP contribution >= 0.6 is 0 Å². The van der Waals surface area contributed by atoms with Crippen molar-refractivity contribution in [1.29, 1.82) is 0 Å². The first-order valence-corrected chi connectivity index (χ1v) is 6.85. The van der Waals surface area contributed by atoms with Crippen molar-refractivity contribution in [2.24, 2.45) is 0 Å². The van der Waals surface area contributed by atoms with Gasteiger partial charge in [-0.15, -0.1) is 0 Å². The summed E-state index contributed by atoms with van der Waals surface area (Å²) in [7, 11) is 0. The normalized spacial score (nSPS) is 16.7. The second kappa shape index (κ2) is 5.40. The molecule has 6 heteroatoms. The lowest BCUT2D eigenvalue weighted by molar-refractivity contribution is 0.0510. The first-order valence-electron chi connectivity index (χ1n) is 6.85. The number of para-hydroxylation sites is 1. The Bertz CT molecular complexity index is 728. The van der Waals surface area contributed by atoms with Crippen LogP contribution in [0.3, 0.4) is 0 Å². The van der Waals surface area contributed by atoms with Crippen LogP contribution in [0.1, 0.15) is 27.6 Å². The summed E-state index contributed by atoms with van der Waals surface area (Å²) >= 11 is 0. The number of hydrogen-bond donors (Lipinski definition) is 3. The molecule has 1 aliphatic rings. The number of nitrogens with zero attached hydrogens (tertiary/aromatic N) is 1. The highest BCUT2D eigenvalue weighted by atomic mass is 16.3. The summed E-state index contributed by atoms with van der Waals surface area (Å²) < 4.78 is 0. The number of aromatic hydroxyl groups is 1. The Morgan fingerprint density at radius 1 is 1.18 bits per heavy atom. The van der Waals surface area contributed by atoms with E-state index in [1.165, 1.54) is 29.3 Å². The van der Waals surface area contributed by atoms with Crippen LogP contribution in [-0.2, 0) is 0 Å². The van der Waals surface area contributed by atoms with Crippen molar-refractivity contribution in [1.82, 2.24) is 10.4 Å². The average molecular weight is 297 g/mol. The van der Waals surface area contributed by atoms with Crippen molar-refractivity contribution in [3.05, 3.63) is 59.7 Å². The van der Waals surface area contributed by atoms with E-state index in [-0.39, 0.29) is 17.8 Å². The molecule has 2 amide bonds. The third-order valence-corrected chi connectivity index (χ3v) is 3.48. The Labute approximate surface area is 127 Å². The number of amides is 2. The van der Waals surface area contributed by atoms with Crippen LogP contribution in [0, 0.1) is 0 Å². The van der Waals surface area contributed by atoms with Gasteiger partial charge in [0, 0.05) is 11.3 Å². The number of benzene rings is 2. The average Bonchev–Trinajstić information content (AvgIpc) is 2.52. The van der Waals surface area contributed by atoms with Crippen LogP contribution in [-0.4, -0.2) is 28.1 Å². The maximum Gasteiger partial charge on any atom is 0.276 e. The van der Waals surface area contributed by atoms with Crippen LogP contribution < -0.4 is 10.7 Å². The summed E-state index contributed by atoms with van der Waals surface area (Å²) in [4.78, 5) is 24.7. The minimum Gasteiger partial charge on any atom is -0.508 e. The minimum absolute atomic E-state index is 0.0783. The third-order valence-electron chi connectivity index (χ3n) is 3.48. The summed E-state index contributed by atoms with van der Waals surface area (Å²) in [6, 6.07) is 13.0. The van der Waals surface area contributed by atoms with Gasteiger partial charge in [-0.1, -0.05) is 12.1 Å². The molecule has 0 saturated heterocycles. The Kier molecular flexibility index (Phi) is 3.42. The Morgan fingerprint density at radius 3 is 2.59 bits per heavy atom. The largest absolute Gasteiger partial charge is 0.508 e. The van der Waals surface area contributed by atoms with Crippen LogP contribution in [0.5, 0.6) is 5.75 Å². The number of hydrazine groups is 1. The predicted octanol–water partition coefficient (Wildman–Crippen LogP) is 1.95. The fraction of sp³-hybridized carbons (Fsp3) is 0.125. The topological polar surface area (TPSA) is 81.7 Å². The van der Waals surface area contributed by atoms with E-state index in [1.807, 2.05) is 12.1 Å². The third kappa shape index (κ3) is 2.46. The van der Waals surface area contributed by atoms with Gasteiger partial charge in [-0.25, -0.2) is 5.01 Å². The SMILES string of the molecule is CC1Nc2ccccc2C(=O)N1NC(=O)c1ccc(O)cc1. The monoisotopic (exact) mass is 297 g/mol. The zero-order valence-electron chi connectivity index (χ0n) is 11.9. The van der Waals surface area contributed by atoms with E-state index in [0.717, 1.165) is 5.69 Å². The Balaban J connectivity index is 1.82. The molecule has 112 valence electrons.